The molecule has 7 heteroatoms. The monoisotopic (exact) mass is 358 g/mol. The molecule has 0 amide bonds. The molecule has 1 unspecified atom stereocenters. The van der Waals surface area contributed by atoms with E-state index in [1.807, 2.05) is 11.0 Å². The Bertz CT molecular complexity index is 773. The number of anilines is 2. The molecule has 1 N–H and O–H groups in total. The summed E-state index contributed by atoms with van der Waals surface area (Å²) in [7, 11) is 0. The molecule has 138 valence electrons. The molecule has 1 saturated heterocycles. The van der Waals surface area contributed by atoms with Crippen LogP contribution in [0.15, 0.2) is 30.6 Å². The zero-order valence-electron chi connectivity index (χ0n) is 14.6. The number of nitrogens with zero attached hydrogens (tertiary/aromatic N) is 4. The van der Waals surface area contributed by atoms with Crippen molar-refractivity contribution in [3.8, 4) is 5.75 Å². The summed E-state index contributed by atoms with van der Waals surface area (Å²) < 4.78 is 19.9. The number of halogens is 1. The second-order valence-electron chi connectivity index (χ2n) is 6.86. The second-order valence-corrected chi connectivity index (χ2v) is 6.86. The first-order chi connectivity index (χ1) is 12.7. The minimum atomic E-state index is -0.259. The molecule has 4 rings (SSSR count). The molecular formula is C19H23FN4O2. The van der Waals surface area contributed by atoms with Crippen molar-refractivity contribution in [2.45, 2.75) is 19.4 Å². The van der Waals surface area contributed by atoms with Gasteiger partial charge in [-0.05, 0) is 30.9 Å². The molecule has 0 bridgehead atoms. The number of hydrogen-bond donors (Lipinski definition) is 1. The molecule has 1 fully saturated rings. The maximum Gasteiger partial charge on any atom is 0.134 e. The molecule has 0 aliphatic carbocycles. The van der Waals surface area contributed by atoms with Gasteiger partial charge < -0.3 is 19.6 Å². The fourth-order valence-electron chi connectivity index (χ4n) is 3.66. The second kappa shape index (κ2) is 7.45. The molecular weight excluding hydrogens is 335 g/mol. The summed E-state index contributed by atoms with van der Waals surface area (Å²) in [6.45, 7) is 3.45. The molecule has 1 aromatic carbocycles. The summed E-state index contributed by atoms with van der Waals surface area (Å²) in [5.74, 6) is 2.25. The van der Waals surface area contributed by atoms with Crippen molar-refractivity contribution in [3.05, 3.63) is 42.0 Å². The molecule has 6 nitrogen and oxygen atoms in total. The van der Waals surface area contributed by atoms with Crippen LogP contribution in [0.1, 0.15) is 18.4 Å². The molecule has 1 atom stereocenters. The minimum absolute atomic E-state index is 0.202. The van der Waals surface area contributed by atoms with Crippen molar-refractivity contribution in [1.82, 2.24) is 9.97 Å². The Morgan fingerprint density at radius 1 is 1.19 bits per heavy atom. The summed E-state index contributed by atoms with van der Waals surface area (Å²) in [6, 6.07) is 6.88. The summed E-state index contributed by atoms with van der Waals surface area (Å²) >= 11 is 0. The van der Waals surface area contributed by atoms with Crippen molar-refractivity contribution in [2.24, 2.45) is 5.92 Å². The van der Waals surface area contributed by atoms with Crippen LogP contribution in [0.2, 0.25) is 0 Å². The Hall–Kier alpha value is -2.41. The molecule has 26 heavy (non-hydrogen) atoms. The van der Waals surface area contributed by atoms with Gasteiger partial charge in [-0.1, -0.05) is 6.07 Å². The van der Waals surface area contributed by atoms with Crippen LogP contribution in [-0.4, -0.2) is 47.9 Å². The number of ether oxygens (including phenoxy) is 1. The summed E-state index contributed by atoms with van der Waals surface area (Å²) in [4.78, 5) is 13.0. The third-order valence-corrected chi connectivity index (χ3v) is 5.11. The lowest BCUT2D eigenvalue weighted by Gasteiger charge is -2.33. The number of rotatable bonds is 3. The Labute approximate surface area is 152 Å². The van der Waals surface area contributed by atoms with Crippen LogP contribution in [-0.2, 0) is 6.54 Å². The van der Waals surface area contributed by atoms with Gasteiger partial charge >= 0.3 is 0 Å². The van der Waals surface area contributed by atoms with E-state index in [0.717, 1.165) is 37.6 Å². The highest BCUT2D eigenvalue weighted by Crippen LogP contribution is 2.29. The van der Waals surface area contributed by atoms with Crippen LogP contribution >= 0.6 is 0 Å². The van der Waals surface area contributed by atoms with Gasteiger partial charge in [0.1, 0.15) is 36.1 Å². The van der Waals surface area contributed by atoms with Gasteiger partial charge in [0.05, 0.1) is 13.1 Å². The highest BCUT2D eigenvalue weighted by Gasteiger charge is 2.23. The van der Waals surface area contributed by atoms with Crippen LogP contribution in [0.25, 0.3) is 0 Å². The van der Waals surface area contributed by atoms with Gasteiger partial charge in [-0.3, -0.25) is 0 Å². The normalized spacial score (nSPS) is 20.3. The molecule has 0 radical (unpaired) electrons. The van der Waals surface area contributed by atoms with Crippen LogP contribution in [0.4, 0.5) is 16.0 Å². The summed E-state index contributed by atoms with van der Waals surface area (Å²) in [6.07, 6.45) is 3.65. The smallest absolute Gasteiger partial charge is 0.134 e. The van der Waals surface area contributed by atoms with E-state index in [1.165, 1.54) is 6.07 Å². The SMILES string of the molecule is OCC1CCCN(c2cc(N3CCOc4cccc(F)c4C3)ncn2)C1. The van der Waals surface area contributed by atoms with Crippen molar-refractivity contribution in [3.63, 3.8) is 0 Å². The third-order valence-electron chi connectivity index (χ3n) is 5.11. The number of benzene rings is 1. The lowest BCUT2D eigenvalue weighted by molar-refractivity contribution is 0.208. The van der Waals surface area contributed by atoms with Gasteiger partial charge in [-0.2, -0.15) is 0 Å². The van der Waals surface area contributed by atoms with Crippen LogP contribution in [0.5, 0.6) is 5.75 Å². The Morgan fingerprint density at radius 2 is 2.04 bits per heavy atom. The zero-order valence-corrected chi connectivity index (χ0v) is 14.6. The highest BCUT2D eigenvalue weighted by atomic mass is 19.1. The van der Waals surface area contributed by atoms with E-state index in [-0.39, 0.29) is 18.3 Å². The molecule has 0 saturated carbocycles. The lowest BCUT2D eigenvalue weighted by Crippen LogP contribution is -2.37. The lowest BCUT2D eigenvalue weighted by atomic mass is 9.99. The third kappa shape index (κ3) is 3.44. The van der Waals surface area contributed by atoms with Crippen molar-refractivity contribution < 1.29 is 14.2 Å². The van der Waals surface area contributed by atoms with Crippen molar-refractivity contribution >= 4 is 11.6 Å². The molecule has 2 aliphatic heterocycles. The Kier molecular flexibility index (Phi) is 4.88. The Balaban J connectivity index is 1.57. The molecule has 2 aliphatic rings. The predicted octanol–water partition coefficient (Wildman–Crippen LogP) is 2.22. The first-order valence-electron chi connectivity index (χ1n) is 9.07. The van der Waals surface area contributed by atoms with E-state index < -0.39 is 0 Å². The van der Waals surface area contributed by atoms with Gasteiger partial charge in [0.15, 0.2) is 0 Å². The topological polar surface area (TPSA) is 61.7 Å². The van der Waals surface area contributed by atoms with Gasteiger partial charge in [-0.15, -0.1) is 0 Å². The quantitative estimate of drug-likeness (QED) is 0.908. The van der Waals surface area contributed by atoms with Crippen LogP contribution < -0.4 is 14.5 Å². The van der Waals surface area contributed by atoms with E-state index in [0.29, 0.717) is 31.0 Å². The largest absolute Gasteiger partial charge is 0.491 e. The average molecular weight is 358 g/mol. The standard InChI is InChI=1S/C19H23FN4O2/c20-16-4-1-5-17-15(16)11-24(7-8-26-17)19-9-18(21-13-22-19)23-6-2-3-14(10-23)12-25/h1,4-5,9,13-14,25H,2-3,6-8,10-12H2. The molecule has 3 heterocycles. The van der Waals surface area contributed by atoms with E-state index in [9.17, 15) is 9.50 Å². The maximum atomic E-state index is 14.2. The first-order valence-corrected chi connectivity index (χ1v) is 9.07. The van der Waals surface area contributed by atoms with E-state index in [2.05, 4.69) is 14.9 Å². The fraction of sp³-hybridized carbons (Fsp3) is 0.474. The molecule has 2 aromatic rings. The van der Waals surface area contributed by atoms with Crippen LogP contribution in [0, 0.1) is 11.7 Å². The number of piperidine rings is 1. The highest BCUT2D eigenvalue weighted by molar-refractivity contribution is 5.52. The molecule has 0 spiro atoms. The zero-order chi connectivity index (χ0) is 17.9. The van der Waals surface area contributed by atoms with E-state index in [1.54, 1.807) is 18.5 Å². The number of aromatic nitrogens is 2. The van der Waals surface area contributed by atoms with E-state index in [4.69, 9.17) is 4.74 Å². The number of aliphatic hydroxyl groups is 1. The van der Waals surface area contributed by atoms with E-state index >= 15 is 0 Å². The number of fused-ring (bicyclic) bond motifs is 1. The van der Waals surface area contributed by atoms with Gasteiger partial charge in [-0.25, -0.2) is 14.4 Å². The van der Waals surface area contributed by atoms with Gasteiger partial charge in [0.25, 0.3) is 0 Å². The summed E-state index contributed by atoms with van der Waals surface area (Å²) in [5, 5.41) is 9.45. The molecule has 1 aromatic heterocycles. The van der Waals surface area contributed by atoms with Gasteiger partial charge in [0.2, 0.25) is 0 Å². The minimum Gasteiger partial charge on any atom is -0.491 e. The average Bonchev–Trinajstić information content (AvgIpc) is 2.92. The van der Waals surface area contributed by atoms with Crippen molar-refractivity contribution in [2.75, 3.05) is 42.6 Å². The van der Waals surface area contributed by atoms with Gasteiger partial charge in [0, 0.05) is 31.3 Å². The van der Waals surface area contributed by atoms with Crippen molar-refractivity contribution in [1.29, 1.82) is 0 Å². The first kappa shape index (κ1) is 17.0. The number of hydrogen-bond acceptors (Lipinski definition) is 6. The maximum absolute atomic E-state index is 14.2. The fourth-order valence-corrected chi connectivity index (χ4v) is 3.66. The predicted molar refractivity (Wildman–Crippen MR) is 97.0 cm³/mol. The summed E-state index contributed by atoms with van der Waals surface area (Å²) in [5.41, 5.74) is 0.559. The Morgan fingerprint density at radius 3 is 2.88 bits per heavy atom. The van der Waals surface area contributed by atoms with Crippen LogP contribution in [0.3, 0.4) is 0 Å². The number of aliphatic hydroxyl groups excluding tert-OH is 1.